The lowest BCUT2D eigenvalue weighted by Gasteiger charge is -2.43. The molecular weight excluding hydrogens is 434 g/mol. The minimum Gasteiger partial charge on any atom is -0.417 e. The second-order valence-electron chi connectivity index (χ2n) is 11.2. The fourth-order valence-electron chi connectivity index (χ4n) is 5.17. The van der Waals surface area contributed by atoms with E-state index in [0.717, 1.165) is 26.0 Å². The van der Waals surface area contributed by atoms with Gasteiger partial charge in [-0.05, 0) is 48.2 Å². The Bertz CT molecular complexity index is 1170. The summed E-state index contributed by atoms with van der Waals surface area (Å²) in [5.74, 6) is 0. The molecule has 1 aromatic heterocycles. The first-order valence-corrected chi connectivity index (χ1v) is 15.4. The van der Waals surface area contributed by atoms with E-state index >= 15 is 0 Å². The van der Waals surface area contributed by atoms with Crippen molar-refractivity contribution in [1.29, 1.82) is 5.26 Å². The summed E-state index contributed by atoms with van der Waals surface area (Å²) in [4.78, 5) is 2.58. The molecule has 4 nitrogen and oxygen atoms in total. The van der Waals surface area contributed by atoms with Crippen molar-refractivity contribution in [3.05, 3.63) is 71.4 Å². The number of aromatic nitrogens is 1. The van der Waals surface area contributed by atoms with E-state index in [-0.39, 0.29) is 17.1 Å². The van der Waals surface area contributed by atoms with Crippen LogP contribution in [0.3, 0.4) is 0 Å². The van der Waals surface area contributed by atoms with Crippen LogP contribution in [0.2, 0.25) is 18.1 Å². The van der Waals surface area contributed by atoms with Crippen molar-refractivity contribution in [2.45, 2.75) is 76.8 Å². The van der Waals surface area contributed by atoms with E-state index in [4.69, 9.17) is 4.43 Å². The lowest BCUT2D eigenvalue weighted by molar-refractivity contribution is 0.0855. The number of para-hydroxylation sites is 1. The van der Waals surface area contributed by atoms with Crippen LogP contribution < -0.4 is 0 Å². The van der Waals surface area contributed by atoms with Crippen molar-refractivity contribution in [2.75, 3.05) is 6.61 Å². The number of hydrogen-bond acceptors (Lipinski definition) is 3. The molecule has 0 N–H and O–H groups in total. The summed E-state index contributed by atoms with van der Waals surface area (Å²) in [7, 11) is 0.370. The third kappa shape index (κ3) is 4.73. The Morgan fingerprint density at radius 3 is 2.41 bits per heavy atom. The zero-order valence-electron chi connectivity index (χ0n) is 21.6. The molecule has 3 aromatic rings. The first-order valence-electron chi connectivity index (χ1n) is 12.5. The summed E-state index contributed by atoms with van der Waals surface area (Å²) in [5.41, 5.74) is 5.38. The molecule has 0 saturated heterocycles. The van der Waals surface area contributed by atoms with E-state index in [0.29, 0.717) is 6.42 Å². The minimum absolute atomic E-state index is 0.192. The number of aryl methyl sites for hydroxylation is 1. The second-order valence-corrected chi connectivity index (χ2v) is 16.0. The highest BCUT2D eigenvalue weighted by atomic mass is 28.4. The Morgan fingerprint density at radius 2 is 1.74 bits per heavy atom. The molecule has 2 heterocycles. The summed E-state index contributed by atoms with van der Waals surface area (Å²) >= 11 is 0. The van der Waals surface area contributed by atoms with Crippen molar-refractivity contribution in [3.8, 4) is 6.07 Å². The van der Waals surface area contributed by atoms with Gasteiger partial charge in [0.25, 0.3) is 0 Å². The van der Waals surface area contributed by atoms with Crippen LogP contribution in [0, 0.1) is 11.3 Å². The molecule has 2 atom stereocenters. The van der Waals surface area contributed by atoms with Crippen LogP contribution in [0.4, 0.5) is 0 Å². The van der Waals surface area contributed by atoms with Gasteiger partial charge in [0, 0.05) is 42.8 Å². The molecule has 4 rings (SSSR count). The molecule has 0 aliphatic carbocycles. The largest absolute Gasteiger partial charge is 0.417 e. The molecule has 2 aromatic carbocycles. The topological polar surface area (TPSA) is 41.2 Å². The molecule has 0 spiro atoms. The summed E-state index contributed by atoms with van der Waals surface area (Å²) in [5, 5.41) is 11.2. The van der Waals surface area contributed by atoms with Crippen LogP contribution in [0.25, 0.3) is 10.9 Å². The zero-order chi connectivity index (χ0) is 24.5. The van der Waals surface area contributed by atoms with Crippen LogP contribution in [0.15, 0.2) is 54.6 Å². The molecular formula is C29H39N3OSi. The molecule has 0 unspecified atom stereocenters. The van der Waals surface area contributed by atoms with Gasteiger partial charge in [0.05, 0.1) is 18.5 Å². The highest BCUT2D eigenvalue weighted by molar-refractivity contribution is 6.74. The number of fused-ring (bicyclic) bond motifs is 3. The second kappa shape index (κ2) is 9.69. The Balaban J connectivity index is 1.74. The van der Waals surface area contributed by atoms with E-state index in [1.165, 1.54) is 27.7 Å². The third-order valence-electron chi connectivity index (χ3n) is 8.08. The maximum Gasteiger partial charge on any atom is 0.191 e. The molecule has 0 saturated carbocycles. The molecule has 0 amide bonds. The van der Waals surface area contributed by atoms with Crippen molar-refractivity contribution < 1.29 is 4.43 Å². The number of nitriles is 1. The summed E-state index contributed by atoms with van der Waals surface area (Å²) in [6.45, 7) is 13.1. The number of hydrogen-bond donors (Lipinski definition) is 0. The molecule has 0 fully saturated rings. The molecule has 0 radical (unpaired) electrons. The molecule has 5 heteroatoms. The van der Waals surface area contributed by atoms with E-state index in [9.17, 15) is 5.26 Å². The summed E-state index contributed by atoms with van der Waals surface area (Å²) < 4.78 is 9.05. The Labute approximate surface area is 206 Å². The van der Waals surface area contributed by atoms with Gasteiger partial charge < -0.3 is 8.99 Å². The molecule has 34 heavy (non-hydrogen) atoms. The molecule has 180 valence electrons. The van der Waals surface area contributed by atoms with Crippen molar-refractivity contribution in [2.24, 2.45) is 7.05 Å². The predicted molar refractivity (Wildman–Crippen MR) is 143 cm³/mol. The standard InChI is InChI=1S/C29H39N3OSi/c1-29(2,3)34(5,6)33-19-17-27-28-25(24-14-10-11-15-26(24)31(28)4)20-23(16-18-30)32(27)21-22-12-8-7-9-13-22/h7-15,23,27H,16-17,19-21H2,1-6H3/t23-,27+/m1/s1. The number of rotatable bonds is 7. The van der Waals surface area contributed by atoms with Crippen LogP contribution in [0.5, 0.6) is 0 Å². The zero-order valence-corrected chi connectivity index (χ0v) is 22.6. The molecule has 1 aliphatic heterocycles. The highest BCUT2D eigenvalue weighted by Crippen LogP contribution is 2.43. The van der Waals surface area contributed by atoms with E-state index in [2.05, 4.69) is 111 Å². The summed E-state index contributed by atoms with van der Waals surface area (Å²) in [6, 6.07) is 22.3. The van der Waals surface area contributed by atoms with Gasteiger partial charge in [-0.2, -0.15) is 5.26 Å². The predicted octanol–water partition coefficient (Wildman–Crippen LogP) is 6.97. The molecule has 0 bridgehead atoms. The first kappa shape index (κ1) is 24.7. The van der Waals surface area contributed by atoms with Crippen molar-refractivity contribution >= 4 is 19.2 Å². The Kier molecular flexibility index (Phi) is 7.05. The van der Waals surface area contributed by atoms with Crippen molar-refractivity contribution in [1.82, 2.24) is 9.47 Å². The first-order chi connectivity index (χ1) is 16.1. The maximum atomic E-state index is 9.73. The van der Waals surface area contributed by atoms with Gasteiger partial charge in [-0.3, -0.25) is 4.90 Å². The smallest absolute Gasteiger partial charge is 0.191 e. The maximum absolute atomic E-state index is 9.73. The fraction of sp³-hybridized carbons (Fsp3) is 0.483. The Hall–Kier alpha value is -2.39. The average molecular weight is 474 g/mol. The van der Waals surface area contributed by atoms with E-state index < -0.39 is 8.32 Å². The third-order valence-corrected chi connectivity index (χ3v) is 12.6. The number of benzene rings is 2. The van der Waals surface area contributed by atoms with Crippen LogP contribution >= 0.6 is 0 Å². The normalized spacial score (nSPS) is 19.2. The van der Waals surface area contributed by atoms with E-state index in [1.54, 1.807) is 0 Å². The van der Waals surface area contributed by atoms with Gasteiger partial charge in [0.15, 0.2) is 8.32 Å². The average Bonchev–Trinajstić information content (AvgIpc) is 3.07. The highest BCUT2D eigenvalue weighted by Gasteiger charge is 2.40. The lowest BCUT2D eigenvalue weighted by atomic mass is 9.88. The van der Waals surface area contributed by atoms with Gasteiger partial charge in [0.1, 0.15) is 0 Å². The van der Waals surface area contributed by atoms with Gasteiger partial charge in [-0.15, -0.1) is 0 Å². The van der Waals surface area contributed by atoms with Gasteiger partial charge in [0.2, 0.25) is 0 Å². The Morgan fingerprint density at radius 1 is 1.06 bits per heavy atom. The number of nitrogens with zero attached hydrogens (tertiary/aromatic N) is 3. The van der Waals surface area contributed by atoms with Crippen LogP contribution in [-0.2, 0) is 24.4 Å². The van der Waals surface area contributed by atoms with Gasteiger partial charge in [-0.25, -0.2) is 0 Å². The minimum atomic E-state index is -1.83. The molecule has 1 aliphatic rings. The monoisotopic (exact) mass is 473 g/mol. The summed E-state index contributed by atoms with van der Waals surface area (Å²) in [6.07, 6.45) is 2.38. The van der Waals surface area contributed by atoms with Gasteiger partial charge in [-0.1, -0.05) is 69.3 Å². The van der Waals surface area contributed by atoms with E-state index in [1.807, 2.05) is 0 Å². The van der Waals surface area contributed by atoms with Crippen molar-refractivity contribution in [3.63, 3.8) is 0 Å². The van der Waals surface area contributed by atoms with Crippen LogP contribution in [-0.4, -0.2) is 30.4 Å². The SMILES string of the molecule is Cn1c2c(c3ccccc31)C[C@@H](CC#N)N(Cc1ccccc1)[C@H]2CCO[Si](C)(C)C(C)(C)C. The van der Waals surface area contributed by atoms with Gasteiger partial charge >= 0.3 is 0 Å². The quantitative estimate of drug-likeness (QED) is 0.348. The lowest BCUT2D eigenvalue weighted by Crippen LogP contribution is -2.45. The fourth-order valence-corrected chi connectivity index (χ4v) is 6.23. The van der Waals surface area contributed by atoms with Crippen LogP contribution in [0.1, 0.15) is 56.5 Å².